The number of benzene rings is 8. The van der Waals surface area contributed by atoms with E-state index in [0.29, 0.717) is 5.95 Å². The SMILES string of the molecule is CC1(C)c2ccccc2-c2c1c1c3ccccc3n(-c3nc(-c4cccc5c4oc4ccccc45)c4ccccc4n3)c1c1c3ccccc3n(-c3ccccc3)c21. The van der Waals surface area contributed by atoms with Gasteiger partial charge in [-0.2, -0.15) is 0 Å². The molecule has 5 nitrogen and oxygen atoms in total. The Morgan fingerprint density at radius 1 is 0.483 bits per heavy atom. The Morgan fingerprint density at radius 3 is 1.93 bits per heavy atom. The van der Waals surface area contributed by atoms with Crippen LogP contribution in [0.4, 0.5) is 0 Å². The third-order valence-electron chi connectivity index (χ3n) is 12.7. The number of hydrogen-bond acceptors (Lipinski definition) is 3. The van der Waals surface area contributed by atoms with Crippen LogP contribution in [0.1, 0.15) is 25.0 Å². The Balaban J connectivity index is 1.26. The molecule has 0 radical (unpaired) electrons. The van der Waals surface area contributed by atoms with Gasteiger partial charge in [-0.05, 0) is 59.2 Å². The zero-order valence-electron chi connectivity index (χ0n) is 31.9. The van der Waals surface area contributed by atoms with E-state index in [4.69, 9.17) is 14.4 Å². The molecular weight excluding hydrogens is 709 g/mol. The summed E-state index contributed by atoms with van der Waals surface area (Å²) >= 11 is 0. The van der Waals surface area contributed by atoms with Crippen LogP contribution in [0.25, 0.3) is 110 Å². The van der Waals surface area contributed by atoms with Crippen molar-refractivity contribution in [1.29, 1.82) is 0 Å². The lowest BCUT2D eigenvalue weighted by atomic mass is 9.80. The molecule has 0 bridgehead atoms. The van der Waals surface area contributed by atoms with E-state index in [9.17, 15) is 0 Å². The van der Waals surface area contributed by atoms with E-state index in [1.807, 2.05) is 12.1 Å². The van der Waals surface area contributed by atoms with Crippen LogP contribution in [-0.4, -0.2) is 19.1 Å². The highest BCUT2D eigenvalue weighted by Crippen LogP contribution is 2.58. The number of nitrogens with zero attached hydrogens (tertiary/aromatic N) is 4. The molecule has 0 saturated heterocycles. The van der Waals surface area contributed by atoms with Crippen LogP contribution >= 0.6 is 0 Å². The second-order valence-corrected chi connectivity index (χ2v) is 16.1. The fourth-order valence-electron chi connectivity index (χ4n) is 10.3. The number of hydrogen-bond donors (Lipinski definition) is 0. The van der Waals surface area contributed by atoms with Crippen molar-refractivity contribution in [1.82, 2.24) is 19.1 Å². The van der Waals surface area contributed by atoms with E-state index in [1.54, 1.807) is 0 Å². The maximum Gasteiger partial charge on any atom is 0.235 e. The van der Waals surface area contributed by atoms with Crippen molar-refractivity contribution < 1.29 is 4.42 Å². The van der Waals surface area contributed by atoms with Gasteiger partial charge in [0, 0.05) is 59.9 Å². The molecule has 58 heavy (non-hydrogen) atoms. The van der Waals surface area contributed by atoms with Gasteiger partial charge in [-0.1, -0.05) is 141 Å². The molecule has 12 aromatic rings. The van der Waals surface area contributed by atoms with Crippen LogP contribution in [0.2, 0.25) is 0 Å². The predicted molar refractivity (Wildman–Crippen MR) is 238 cm³/mol. The van der Waals surface area contributed by atoms with Crippen LogP contribution in [0, 0.1) is 0 Å². The van der Waals surface area contributed by atoms with Crippen molar-refractivity contribution in [2.24, 2.45) is 0 Å². The number of rotatable bonds is 3. The van der Waals surface area contributed by atoms with Crippen LogP contribution in [0.5, 0.6) is 0 Å². The smallest absolute Gasteiger partial charge is 0.235 e. The van der Waals surface area contributed by atoms with Gasteiger partial charge in [0.1, 0.15) is 11.2 Å². The van der Waals surface area contributed by atoms with Crippen molar-refractivity contribution >= 4 is 76.5 Å². The van der Waals surface area contributed by atoms with Gasteiger partial charge in [-0.25, -0.2) is 9.97 Å². The van der Waals surface area contributed by atoms with Gasteiger partial charge in [0.15, 0.2) is 0 Å². The Bertz CT molecular complexity index is 3710. The van der Waals surface area contributed by atoms with Crippen LogP contribution in [0.3, 0.4) is 0 Å². The first-order valence-electron chi connectivity index (χ1n) is 19.9. The third kappa shape index (κ3) is 4.00. The van der Waals surface area contributed by atoms with E-state index in [-0.39, 0.29) is 5.41 Å². The van der Waals surface area contributed by atoms with Crippen molar-refractivity contribution in [3.63, 3.8) is 0 Å². The predicted octanol–water partition coefficient (Wildman–Crippen LogP) is 13.7. The van der Waals surface area contributed by atoms with Gasteiger partial charge in [0.05, 0.1) is 33.3 Å². The molecule has 0 saturated carbocycles. The molecule has 1 aliphatic rings. The number of furan rings is 1. The van der Waals surface area contributed by atoms with Crippen molar-refractivity contribution in [3.8, 4) is 34.0 Å². The molecule has 8 aromatic carbocycles. The topological polar surface area (TPSA) is 48.8 Å². The fraction of sp³-hybridized carbons (Fsp3) is 0.0566. The lowest BCUT2D eigenvalue weighted by Crippen LogP contribution is -2.15. The number of aromatic nitrogens is 4. The van der Waals surface area contributed by atoms with Gasteiger partial charge >= 0.3 is 0 Å². The molecule has 0 spiro atoms. The van der Waals surface area contributed by atoms with Crippen molar-refractivity contribution in [2.75, 3.05) is 0 Å². The summed E-state index contributed by atoms with van der Waals surface area (Å²) in [5.41, 5.74) is 15.0. The van der Waals surface area contributed by atoms with Gasteiger partial charge in [0.2, 0.25) is 5.95 Å². The summed E-state index contributed by atoms with van der Waals surface area (Å²) in [6.45, 7) is 4.78. The lowest BCUT2D eigenvalue weighted by Gasteiger charge is -2.23. The summed E-state index contributed by atoms with van der Waals surface area (Å²) in [4.78, 5) is 11.1. The third-order valence-corrected chi connectivity index (χ3v) is 12.7. The molecule has 0 amide bonds. The van der Waals surface area contributed by atoms with Crippen LogP contribution < -0.4 is 0 Å². The molecule has 272 valence electrons. The van der Waals surface area contributed by atoms with E-state index in [2.05, 4.69) is 181 Å². The van der Waals surface area contributed by atoms with E-state index in [1.165, 1.54) is 49.3 Å². The second kappa shape index (κ2) is 11.3. The molecular formula is C53H34N4O. The molecule has 0 unspecified atom stereocenters. The molecule has 5 heteroatoms. The van der Waals surface area contributed by atoms with Gasteiger partial charge in [0.25, 0.3) is 0 Å². The average molecular weight is 743 g/mol. The summed E-state index contributed by atoms with van der Waals surface area (Å²) in [6.07, 6.45) is 0. The molecule has 0 fully saturated rings. The highest BCUT2D eigenvalue weighted by Gasteiger charge is 2.41. The summed E-state index contributed by atoms with van der Waals surface area (Å²) in [7, 11) is 0. The quantitative estimate of drug-likeness (QED) is 0.181. The fourth-order valence-corrected chi connectivity index (χ4v) is 10.3. The van der Waals surface area contributed by atoms with Gasteiger partial charge in [-0.3, -0.25) is 4.57 Å². The number of para-hydroxylation sites is 6. The van der Waals surface area contributed by atoms with E-state index < -0.39 is 0 Å². The molecule has 4 aromatic heterocycles. The largest absolute Gasteiger partial charge is 0.455 e. The minimum atomic E-state index is -0.294. The monoisotopic (exact) mass is 742 g/mol. The molecule has 13 rings (SSSR count). The summed E-state index contributed by atoms with van der Waals surface area (Å²) in [5.74, 6) is 0.624. The molecule has 0 N–H and O–H groups in total. The zero-order chi connectivity index (χ0) is 38.3. The normalized spacial score (nSPS) is 13.5. The maximum atomic E-state index is 6.64. The summed E-state index contributed by atoms with van der Waals surface area (Å²) < 4.78 is 11.5. The first kappa shape index (κ1) is 31.7. The number of fused-ring (bicyclic) bond motifs is 16. The standard InChI is InChI=1S/C53H34N4O/c1-53(2)39-26-11-6-20-34(39)44-47(53)45-36-22-8-14-29-42(36)57(50(45)46-37-23-9-13-28-41(37)56(49(44)46)31-17-4-3-5-18-31)52-54-40-27-12-7-21-35(40)48(55-52)38-25-16-24-33-32-19-10-15-30-43(32)58-51(33)38/h3-30H,1-2H3. The van der Waals surface area contributed by atoms with Crippen molar-refractivity contribution in [2.45, 2.75) is 19.3 Å². The summed E-state index contributed by atoms with van der Waals surface area (Å²) in [6, 6.07) is 60.5. The first-order chi connectivity index (χ1) is 28.6. The molecule has 4 heterocycles. The molecule has 0 atom stereocenters. The highest BCUT2D eigenvalue weighted by molar-refractivity contribution is 6.31. The first-order valence-corrected chi connectivity index (χ1v) is 19.9. The van der Waals surface area contributed by atoms with Gasteiger partial charge in [-0.15, -0.1) is 0 Å². The highest BCUT2D eigenvalue weighted by atomic mass is 16.3. The Labute approximate surface area is 333 Å². The van der Waals surface area contributed by atoms with Crippen molar-refractivity contribution in [3.05, 3.63) is 181 Å². The minimum absolute atomic E-state index is 0.294. The minimum Gasteiger partial charge on any atom is -0.455 e. The maximum absolute atomic E-state index is 6.64. The molecule has 1 aliphatic carbocycles. The second-order valence-electron chi connectivity index (χ2n) is 16.1. The Hall–Kier alpha value is -7.50. The molecule has 0 aliphatic heterocycles. The van der Waals surface area contributed by atoms with Crippen LogP contribution in [-0.2, 0) is 5.41 Å². The average Bonchev–Trinajstić information content (AvgIpc) is 3.99. The lowest BCUT2D eigenvalue weighted by molar-refractivity contribution is 0.667. The van der Waals surface area contributed by atoms with Crippen LogP contribution in [0.15, 0.2) is 174 Å². The van der Waals surface area contributed by atoms with E-state index in [0.717, 1.165) is 66.3 Å². The van der Waals surface area contributed by atoms with E-state index >= 15 is 0 Å². The van der Waals surface area contributed by atoms with Gasteiger partial charge < -0.3 is 8.98 Å². The summed E-state index contributed by atoms with van der Waals surface area (Å²) in [5, 5.41) is 7.95. The Kier molecular flexibility index (Phi) is 6.17. The Morgan fingerprint density at radius 2 is 1.10 bits per heavy atom. The zero-order valence-corrected chi connectivity index (χ0v) is 31.9.